The van der Waals surface area contributed by atoms with Crippen molar-refractivity contribution in [2.45, 2.75) is 4.90 Å². The molecule has 0 radical (unpaired) electrons. The van der Waals surface area contributed by atoms with E-state index in [0.717, 1.165) is 15.7 Å². The van der Waals surface area contributed by atoms with Crippen molar-refractivity contribution in [2.75, 3.05) is 51.8 Å². The highest BCUT2D eigenvalue weighted by Crippen LogP contribution is 2.23. The van der Waals surface area contributed by atoms with Crippen molar-refractivity contribution >= 4 is 32.5 Å². The third-order valence-corrected chi connectivity index (χ3v) is 7.61. The summed E-state index contributed by atoms with van der Waals surface area (Å²) in [6.45, 7) is 2.07. The quantitative estimate of drug-likeness (QED) is 0.586. The van der Waals surface area contributed by atoms with Gasteiger partial charge >= 0.3 is 0 Å². The third kappa shape index (κ3) is 4.86. The van der Waals surface area contributed by atoms with E-state index in [1.54, 1.807) is 24.1 Å². The van der Waals surface area contributed by atoms with Crippen LogP contribution in [0.4, 0.5) is 5.69 Å². The normalized spacial score (nSPS) is 14.6. The smallest absolute Gasteiger partial charge is 0.248 e. The fourth-order valence-electron chi connectivity index (χ4n) is 3.87. The van der Waals surface area contributed by atoms with E-state index >= 15 is 0 Å². The minimum Gasteiger partial charge on any atom is -0.497 e. The SMILES string of the molecule is COc1cccc(N2CCN(C(=O)CN(C)S(=O)(=O)c3ccc4[nH]c(=O)ccc4c3)CC2)c1. The Morgan fingerprint density at radius 3 is 2.55 bits per heavy atom. The number of piperazine rings is 1. The van der Waals surface area contributed by atoms with Gasteiger partial charge in [-0.15, -0.1) is 0 Å². The summed E-state index contributed by atoms with van der Waals surface area (Å²) in [6, 6.07) is 15.2. The molecule has 174 valence electrons. The number of nitrogens with zero attached hydrogens (tertiary/aromatic N) is 3. The summed E-state index contributed by atoms with van der Waals surface area (Å²) in [4.78, 5) is 30.9. The second kappa shape index (κ2) is 9.24. The molecule has 1 aliphatic rings. The number of hydrogen-bond acceptors (Lipinski definition) is 6. The fourth-order valence-corrected chi connectivity index (χ4v) is 5.03. The van der Waals surface area contributed by atoms with Gasteiger partial charge in [0.15, 0.2) is 0 Å². The lowest BCUT2D eigenvalue weighted by Crippen LogP contribution is -2.51. The molecule has 1 aliphatic heterocycles. The first-order valence-corrected chi connectivity index (χ1v) is 12.0. The van der Waals surface area contributed by atoms with Crippen LogP contribution in [0, 0.1) is 0 Å². The van der Waals surface area contributed by atoms with Gasteiger partial charge in [0.2, 0.25) is 21.5 Å². The molecule has 0 aliphatic carbocycles. The number of aromatic nitrogens is 1. The Morgan fingerprint density at radius 2 is 1.82 bits per heavy atom. The van der Waals surface area contributed by atoms with Gasteiger partial charge in [0.1, 0.15) is 5.75 Å². The van der Waals surface area contributed by atoms with Crippen molar-refractivity contribution in [3.8, 4) is 5.75 Å². The van der Waals surface area contributed by atoms with Crippen LogP contribution < -0.4 is 15.2 Å². The molecule has 1 saturated heterocycles. The first-order valence-electron chi connectivity index (χ1n) is 10.5. The van der Waals surface area contributed by atoms with E-state index in [1.807, 2.05) is 24.3 Å². The lowest BCUT2D eigenvalue weighted by Gasteiger charge is -2.36. The molecule has 4 rings (SSSR count). The van der Waals surface area contributed by atoms with Crippen molar-refractivity contribution in [2.24, 2.45) is 0 Å². The maximum absolute atomic E-state index is 13.0. The summed E-state index contributed by atoms with van der Waals surface area (Å²) < 4.78 is 32.4. The highest BCUT2D eigenvalue weighted by atomic mass is 32.2. The van der Waals surface area contributed by atoms with Crippen molar-refractivity contribution in [1.29, 1.82) is 0 Å². The summed E-state index contributed by atoms with van der Waals surface area (Å²) in [6.07, 6.45) is 0. The lowest BCUT2D eigenvalue weighted by atomic mass is 10.2. The first-order chi connectivity index (χ1) is 15.8. The largest absolute Gasteiger partial charge is 0.497 e. The molecule has 0 unspecified atom stereocenters. The van der Waals surface area contributed by atoms with E-state index in [4.69, 9.17) is 4.74 Å². The highest BCUT2D eigenvalue weighted by molar-refractivity contribution is 7.89. The molecule has 10 heteroatoms. The Hall–Kier alpha value is -3.37. The van der Waals surface area contributed by atoms with Crippen molar-refractivity contribution < 1.29 is 17.9 Å². The summed E-state index contributed by atoms with van der Waals surface area (Å²) in [5.41, 5.74) is 1.32. The number of methoxy groups -OCH3 is 1. The van der Waals surface area contributed by atoms with E-state index in [-0.39, 0.29) is 22.9 Å². The number of sulfonamides is 1. The Balaban J connectivity index is 1.40. The molecule has 9 nitrogen and oxygen atoms in total. The van der Waals surface area contributed by atoms with Crippen molar-refractivity contribution in [1.82, 2.24) is 14.2 Å². The molecule has 0 atom stereocenters. The number of rotatable bonds is 6. The number of benzene rings is 2. The molecule has 2 aromatic carbocycles. The van der Waals surface area contributed by atoms with Crippen LogP contribution in [0.3, 0.4) is 0 Å². The van der Waals surface area contributed by atoms with Crippen LogP contribution in [0.5, 0.6) is 5.75 Å². The number of fused-ring (bicyclic) bond motifs is 1. The maximum atomic E-state index is 13.0. The van der Waals surface area contributed by atoms with Crippen molar-refractivity contribution in [3.63, 3.8) is 0 Å². The molecule has 1 amide bonds. The van der Waals surface area contributed by atoms with Gasteiger partial charge < -0.3 is 19.5 Å². The summed E-state index contributed by atoms with van der Waals surface area (Å²) in [5, 5.41) is 0.601. The van der Waals surface area contributed by atoms with Gasteiger partial charge in [0.05, 0.1) is 18.6 Å². The van der Waals surface area contributed by atoms with Gasteiger partial charge in [-0.1, -0.05) is 6.07 Å². The zero-order valence-corrected chi connectivity index (χ0v) is 19.3. The first kappa shape index (κ1) is 22.8. The van der Waals surface area contributed by atoms with Crippen LogP contribution in [0.1, 0.15) is 0 Å². The molecule has 3 aromatic rings. The predicted octanol–water partition coefficient (Wildman–Crippen LogP) is 1.51. The number of anilines is 1. The van der Waals surface area contributed by atoms with Crippen molar-refractivity contribution in [3.05, 3.63) is 65.0 Å². The van der Waals surface area contributed by atoms with E-state index in [9.17, 15) is 18.0 Å². The number of likely N-dealkylation sites (N-methyl/N-ethyl adjacent to an activating group) is 1. The van der Waals surface area contributed by atoms with Crippen LogP contribution in [0.15, 0.2) is 64.3 Å². The lowest BCUT2D eigenvalue weighted by molar-refractivity contribution is -0.131. The average molecular weight is 471 g/mol. The average Bonchev–Trinajstić information content (AvgIpc) is 2.83. The van der Waals surface area contributed by atoms with E-state index in [1.165, 1.54) is 25.2 Å². The molecule has 0 saturated carbocycles. The van der Waals surface area contributed by atoms with Crippen LogP contribution in [0.25, 0.3) is 10.9 Å². The van der Waals surface area contributed by atoms with Gasteiger partial charge in [-0.05, 0) is 41.8 Å². The number of pyridine rings is 1. The predicted molar refractivity (Wildman–Crippen MR) is 126 cm³/mol. The Bertz CT molecular complexity index is 1330. The molecule has 0 bridgehead atoms. The van der Waals surface area contributed by atoms with Gasteiger partial charge in [0, 0.05) is 56.6 Å². The monoisotopic (exact) mass is 470 g/mol. The zero-order chi connectivity index (χ0) is 23.6. The molecule has 1 N–H and O–H groups in total. The van der Waals surface area contributed by atoms with Crippen LogP contribution in [0.2, 0.25) is 0 Å². The van der Waals surface area contributed by atoms with Gasteiger partial charge in [0.25, 0.3) is 0 Å². The van der Waals surface area contributed by atoms with Crippen LogP contribution in [-0.4, -0.2) is 75.4 Å². The zero-order valence-electron chi connectivity index (χ0n) is 18.5. The fraction of sp³-hybridized carbons (Fsp3) is 0.304. The Labute approximate surface area is 192 Å². The number of amides is 1. The molecular weight excluding hydrogens is 444 g/mol. The topological polar surface area (TPSA) is 103 Å². The van der Waals surface area contributed by atoms with Gasteiger partial charge in [-0.2, -0.15) is 4.31 Å². The number of hydrogen-bond donors (Lipinski definition) is 1. The molecule has 0 spiro atoms. The second-order valence-corrected chi connectivity index (χ2v) is 9.95. The molecular formula is C23H26N4O5S. The van der Waals surface area contributed by atoms with Gasteiger partial charge in [-0.3, -0.25) is 9.59 Å². The molecule has 1 fully saturated rings. The molecule has 33 heavy (non-hydrogen) atoms. The maximum Gasteiger partial charge on any atom is 0.248 e. The van der Waals surface area contributed by atoms with Crippen LogP contribution in [-0.2, 0) is 14.8 Å². The number of H-pyrrole nitrogens is 1. The number of ether oxygens (including phenoxy) is 1. The Kier molecular flexibility index (Phi) is 6.39. The number of aromatic amines is 1. The van der Waals surface area contributed by atoms with E-state index in [0.29, 0.717) is 37.1 Å². The third-order valence-electron chi connectivity index (χ3n) is 5.81. The second-order valence-electron chi connectivity index (χ2n) is 7.90. The Morgan fingerprint density at radius 1 is 1.06 bits per heavy atom. The minimum atomic E-state index is -3.87. The number of nitrogens with one attached hydrogen (secondary N) is 1. The summed E-state index contributed by atoms with van der Waals surface area (Å²) in [7, 11) is -0.843. The standard InChI is InChI=1S/C23H26N4O5S/c1-25(33(30,31)20-7-8-21-17(14-20)6-9-22(28)24-21)16-23(29)27-12-10-26(11-13-27)18-4-3-5-19(15-18)32-2/h3-9,14-15H,10-13,16H2,1-2H3,(H,24,28). The van der Waals surface area contributed by atoms with Gasteiger partial charge in [-0.25, -0.2) is 8.42 Å². The summed E-state index contributed by atoms with van der Waals surface area (Å²) in [5.74, 6) is 0.536. The van der Waals surface area contributed by atoms with E-state index in [2.05, 4.69) is 9.88 Å². The number of carbonyl (C=O) groups is 1. The molecule has 2 heterocycles. The highest BCUT2D eigenvalue weighted by Gasteiger charge is 2.27. The summed E-state index contributed by atoms with van der Waals surface area (Å²) >= 11 is 0. The van der Waals surface area contributed by atoms with Crippen LogP contribution >= 0.6 is 0 Å². The van der Waals surface area contributed by atoms with E-state index < -0.39 is 10.0 Å². The minimum absolute atomic E-state index is 0.0696. The molecule has 1 aromatic heterocycles. The number of carbonyl (C=O) groups excluding carboxylic acids is 1.